The van der Waals surface area contributed by atoms with Crippen molar-refractivity contribution in [3.05, 3.63) is 34.9 Å². The molecule has 0 radical (unpaired) electrons. The van der Waals surface area contributed by atoms with Crippen LogP contribution in [0.4, 0.5) is 0 Å². The SMILES string of the molecule is CC(C)(CCc1ccc(Cl)cc1)C(=O)O. The van der Waals surface area contributed by atoms with Crippen LogP contribution < -0.4 is 0 Å². The predicted octanol–water partition coefficient (Wildman–Crippen LogP) is 3.38. The number of aryl methyl sites for hydroxylation is 1. The van der Waals surface area contributed by atoms with Crippen molar-refractivity contribution in [2.75, 3.05) is 0 Å². The molecule has 0 aliphatic carbocycles. The van der Waals surface area contributed by atoms with Gasteiger partial charge in [0.05, 0.1) is 5.41 Å². The molecular weight excluding hydrogens is 212 g/mol. The Labute approximate surface area is 94.9 Å². The van der Waals surface area contributed by atoms with Crippen molar-refractivity contribution in [3.8, 4) is 0 Å². The van der Waals surface area contributed by atoms with Gasteiger partial charge in [-0.1, -0.05) is 23.7 Å². The third-order valence-electron chi connectivity index (χ3n) is 2.53. The standard InChI is InChI=1S/C12H15ClO2/c1-12(2,11(14)15)8-7-9-3-5-10(13)6-4-9/h3-6H,7-8H2,1-2H3,(H,14,15). The lowest BCUT2D eigenvalue weighted by molar-refractivity contribution is -0.147. The highest BCUT2D eigenvalue weighted by molar-refractivity contribution is 6.30. The van der Waals surface area contributed by atoms with Crippen molar-refractivity contribution in [3.63, 3.8) is 0 Å². The molecule has 0 aliphatic rings. The van der Waals surface area contributed by atoms with Gasteiger partial charge in [0.1, 0.15) is 0 Å². The first kappa shape index (κ1) is 12.1. The molecule has 15 heavy (non-hydrogen) atoms. The lowest BCUT2D eigenvalue weighted by Crippen LogP contribution is -2.24. The predicted molar refractivity (Wildman–Crippen MR) is 61.2 cm³/mol. The summed E-state index contributed by atoms with van der Waals surface area (Å²) < 4.78 is 0. The van der Waals surface area contributed by atoms with Gasteiger partial charge >= 0.3 is 5.97 Å². The topological polar surface area (TPSA) is 37.3 Å². The Kier molecular flexibility index (Phi) is 3.75. The lowest BCUT2D eigenvalue weighted by atomic mass is 9.86. The summed E-state index contributed by atoms with van der Waals surface area (Å²) in [5.41, 5.74) is 0.452. The van der Waals surface area contributed by atoms with Crippen LogP contribution in [0, 0.1) is 5.41 Å². The molecule has 0 amide bonds. The van der Waals surface area contributed by atoms with Gasteiger partial charge in [-0.3, -0.25) is 4.79 Å². The third-order valence-corrected chi connectivity index (χ3v) is 2.78. The quantitative estimate of drug-likeness (QED) is 0.855. The van der Waals surface area contributed by atoms with Gasteiger partial charge in [0.15, 0.2) is 0 Å². The number of hydrogen-bond acceptors (Lipinski definition) is 1. The third kappa shape index (κ3) is 3.56. The normalized spacial score (nSPS) is 11.4. The van der Waals surface area contributed by atoms with Crippen molar-refractivity contribution >= 4 is 17.6 Å². The smallest absolute Gasteiger partial charge is 0.309 e. The van der Waals surface area contributed by atoms with Crippen molar-refractivity contribution in [2.24, 2.45) is 5.41 Å². The molecule has 0 unspecified atom stereocenters. The Hall–Kier alpha value is -1.02. The molecule has 3 heteroatoms. The minimum Gasteiger partial charge on any atom is -0.481 e. The lowest BCUT2D eigenvalue weighted by Gasteiger charge is -2.18. The average Bonchev–Trinajstić information content (AvgIpc) is 2.17. The fraction of sp³-hybridized carbons (Fsp3) is 0.417. The first-order valence-corrected chi connectivity index (χ1v) is 5.27. The largest absolute Gasteiger partial charge is 0.481 e. The average molecular weight is 227 g/mol. The molecule has 0 bridgehead atoms. The molecule has 1 aromatic carbocycles. The molecule has 0 atom stereocenters. The van der Waals surface area contributed by atoms with E-state index in [1.807, 2.05) is 24.3 Å². The summed E-state index contributed by atoms with van der Waals surface area (Å²) in [7, 11) is 0. The van der Waals surface area contributed by atoms with Gasteiger partial charge in [0.25, 0.3) is 0 Å². The van der Waals surface area contributed by atoms with Crippen LogP contribution in [0.3, 0.4) is 0 Å². The molecule has 0 heterocycles. The van der Waals surface area contributed by atoms with Crippen LogP contribution in [0.2, 0.25) is 5.02 Å². The number of benzene rings is 1. The molecule has 1 aromatic rings. The van der Waals surface area contributed by atoms with E-state index in [9.17, 15) is 4.79 Å². The van der Waals surface area contributed by atoms with Gasteiger partial charge in [-0.2, -0.15) is 0 Å². The summed E-state index contributed by atoms with van der Waals surface area (Å²) in [5, 5.41) is 9.65. The van der Waals surface area contributed by atoms with Gasteiger partial charge in [-0.15, -0.1) is 0 Å². The molecule has 0 aliphatic heterocycles. The van der Waals surface area contributed by atoms with Crippen LogP contribution in [0.1, 0.15) is 25.8 Å². The number of rotatable bonds is 4. The first-order valence-electron chi connectivity index (χ1n) is 4.90. The number of halogens is 1. The van der Waals surface area contributed by atoms with Crippen molar-refractivity contribution in [2.45, 2.75) is 26.7 Å². The van der Waals surface area contributed by atoms with Crippen molar-refractivity contribution < 1.29 is 9.90 Å². The Bertz CT molecular complexity index is 341. The van der Waals surface area contributed by atoms with E-state index in [1.54, 1.807) is 13.8 Å². The highest BCUT2D eigenvalue weighted by Gasteiger charge is 2.26. The monoisotopic (exact) mass is 226 g/mol. The van der Waals surface area contributed by atoms with E-state index in [0.29, 0.717) is 11.4 Å². The Morgan fingerprint density at radius 1 is 1.33 bits per heavy atom. The molecule has 1 N–H and O–H groups in total. The fourth-order valence-electron chi connectivity index (χ4n) is 1.21. The zero-order valence-corrected chi connectivity index (χ0v) is 9.71. The maximum atomic E-state index is 10.9. The zero-order chi connectivity index (χ0) is 11.5. The molecule has 0 fully saturated rings. The van der Waals surface area contributed by atoms with E-state index in [0.717, 1.165) is 12.0 Å². The van der Waals surface area contributed by atoms with E-state index in [2.05, 4.69) is 0 Å². The summed E-state index contributed by atoms with van der Waals surface area (Å²) in [6.45, 7) is 3.48. The number of carboxylic acid groups (broad SMARTS) is 1. The highest BCUT2D eigenvalue weighted by Crippen LogP contribution is 2.23. The summed E-state index contributed by atoms with van der Waals surface area (Å²) in [6.07, 6.45) is 1.39. The Morgan fingerprint density at radius 2 is 1.87 bits per heavy atom. The molecule has 0 aromatic heterocycles. The second kappa shape index (κ2) is 4.67. The van der Waals surface area contributed by atoms with Gasteiger partial charge in [0, 0.05) is 5.02 Å². The minimum absolute atomic E-state index is 0.629. The molecule has 82 valence electrons. The van der Waals surface area contributed by atoms with Crippen LogP contribution in [0.15, 0.2) is 24.3 Å². The highest BCUT2D eigenvalue weighted by atomic mass is 35.5. The zero-order valence-electron chi connectivity index (χ0n) is 8.96. The number of aliphatic carboxylic acids is 1. The minimum atomic E-state index is -0.753. The van der Waals surface area contributed by atoms with E-state index in [4.69, 9.17) is 16.7 Å². The second-order valence-electron chi connectivity index (χ2n) is 4.32. The maximum Gasteiger partial charge on any atom is 0.309 e. The van der Waals surface area contributed by atoms with E-state index in [1.165, 1.54) is 0 Å². The van der Waals surface area contributed by atoms with E-state index >= 15 is 0 Å². The van der Waals surface area contributed by atoms with Crippen LogP contribution >= 0.6 is 11.6 Å². The van der Waals surface area contributed by atoms with Crippen LogP contribution in [-0.4, -0.2) is 11.1 Å². The molecule has 2 nitrogen and oxygen atoms in total. The van der Waals surface area contributed by atoms with Gasteiger partial charge in [0.2, 0.25) is 0 Å². The summed E-state index contributed by atoms with van der Waals surface area (Å²) in [5.74, 6) is -0.753. The van der Waals surface area contributed by atoms with Crippen LogP contribution in [0.5, 0.6) is 0 Å². The first-order chi connectivity index (χ1) is 6.92. The van der Waals surface area contributed by atoms with E-state index < -0.39 is 11.4 Å². The number of carbonyl (C=O) groups is 1. The van der Waals surface area contributed by atoms with Gasteiger partial charge in [-0.25, -0.2) is 0 Å². The van der Waals surface area contributed by atoms with Crippen LogP contribution in [-0.2, 0) is 11.2 Å². The second-order valence-corrected chi connectivity index (χ2v) is 4.75. The molecule has 1 rings (SSSR count). The summed E-state index contributed by atoms with van der Waals surface area (Å²) in [4.78, 5) is 10.9. The Morgan fingerprint density at radius 3 is 2.33 bits per heavy atom. The molecular formula is C12H15ClO2. The van der Waals surface area contributed by atoms with Crippen LogP contribution in [0.25, 0.3) is 0 Å². The van der Waals surface area contributed by atoms with Gasteiger partial charge in [-0.05, 0) is 44.4 Å². The summed E-state index contributed by atoms with van der Waals surface area (Å²) in [6, 6.07) is 7.51. The summed E-state index contributed by atoms with van der Waals surface area (Å²) >= 11 is 5.76. The molecule has 0 saturated heterocycles. The molecule has 0 spiro atoms. The Balaban J connectivity index is 2.57. The fourth-order valence-corrected chi connectivity index (χ4v) is 1.34. The maximum absolute atomic E-state index is 10.9. The van der Waals surface area contributed by atoms with Gasteiger partial charge < -0.3 is 5.11 Å². The molecule has 0 saturated carbocycles. The van der Waals surface area contributed by atoms with Crippen molar-refractivity contribution in [1.29, 1.82) is 0 Å². The number of hydrogen-bond donors (Lipinski definition) is 1. The number of carboxylic acids is 1. The van der Waals surface area contributed by atoms with Crippen molar-refractivity contribution in [1.82, 2.24) is 0 Å². The van der Waals surface area contributed by atoms with E-state index in [-0.39, 0.29) is 0 Å².